The minimum Gasteiger partial charge on any atom is -0.489 e. The zero-order valence-corrected chi connectivity index (χ0v) is 14.9. The van der Waals surface area contributed by atoms with Gasteiger partial charge in [-0.3, -0.25) is 9.59 Å². The molecule has 5 heteroatoms. The number of aliphatic carboxylic acids is 1. The highest BCUT2D eigenvalue weighted by molar-refractivity contribution is 5.86. The van der Waals surface area contributed by atoms with Crippen LogP contribution in [-0.2, 0) is 22.6 Å². The van der Waals surface area contributed by atoms with Gasteiger partial charge in [0, 0.05) is 19.5 Å². The van der Waals surface area contributed by atoms with E-state index in [4.69, 9.17) is 9.84 Å². The Balaban J connectivity index is 1.60. The second-order valence-corrected chi connectivity index (χ2v) is 6.71. The first-order valence-electron chi connectivity index (χ1n) is 8.80. The summed E-state index contributed by atoms with van der Waals surface area (Å²) < 4.78 is 5.98. The molecular formula is C21H23NO4. The fraction of sp³-hybridized carbons (Fsp3) is 0.333. The van der Waals surface area contributed by atoms with E-state index in [0.29, 0.717) is 26.1 Å². The number of benzene rings is 2. The third-order valence-corrected chi connectivity index (χ3v) is 4.66. The molecule has 1 saturated heterocycles. The van der Waals surface area contributed by atoms with Gasteiger partial charge in [-0.25, -0.2) is 0 Å². The molecule has 1 aliphatic heterocycles. The van der Waals surface area contributed by atoms with Crippen molar-refractivity contribution >= 4 is 11.9 Å². The Morgan fingerprint density at radius 2 is 2.04 bits per heavy atom. The number of carbonyl (C=O) groups is 2. The molecule has 0 aliphatic carbocycles. The van der Waals surface area contributed by atoms with Crippen LogP contribution in [0, 0.1) is 12.8 Å². The number of amides is 1. The van der Waals surface area contributed by atoms with Crippen LogP contribution in [0.1, 0.15) is 23.1 Å². The van der Waals surface area contributed by atoms with E-state index >= 15 is 0 Å². The van der Waals surface area contributed by atoms with Crippen molar-refractivity contribution in [2.24, 2.45) is 5.92 Å². The van der Waals surface area contributed by atoms with Crippen LogP contribution in [0.3, 0.4) is 0 Å². The van der Waals surface area contributed by atoms with Crippen molar-refractivity contribution in [2.75, 3.05) is 13.1 Å². The van der Waals surface area contributed by atoms with Gasteiger partial charge in [0.25, 0.3) is 0 Å². The SMILES string of the molecule is Cc1cccc(COc2ccccc2CCN2CC(C(=O)O)CC2=O)c1. The first-order valence-corrected chi connectivity index (χ1v) is 8.80. The molecule has 1 aliphatic rings. The minimum absolute atomic E-state index is 0.0874. The van der Waals surface area contributed by atoms with Gasteiger partial charge in [0.05, 0.1) is 5.92 Å². The summed E-state index contributed by atoms with van der Waals surface area (Å²) >= 11 is 0. The normalized spacial score (nSPS) is 16.7. The smallest absolute Gasteiger partial charge is 0.308 e. The number of carbonyl (C=O) groups excluding carboxylic acids is 1. The first kappa shape index (κ1) is 18.0. The summed E-state index contributed by atoms with van der Waals surface area (Å²) in [4.78, 5) is 24.7. The summed E-state index contributed by atoms with van der Waals surface area (Å²) in [6.07, 6.45) is 0.739. The van der Waals surface area contributed by atoms with Crippen LogP contribution >= 0.6 is 0 Å². The van der Waals surface area contributed by atoms with Crippen LogP contribution in [0.15, 0.2) is 48.5 Å². The highest BCUT2D eigenvalue weighted by Crippen LogP contribution is 2.23. The lowest BCUT2D eigenvalue weighted by atomic mass is 10.1. The third kappa shape index (κ3) is 4.42. The van der Waals surface area contributed by atoms with Crippen LogP contribution in [0.2, 0.25) is 0 Å². The minimum atomic E-state index is -0.900. The topological polar surface area (TPSA) is 66.8 Å². The number of para-hydroxylation sites is 1. The van der Waals surface area contributed by atoms with E-state index in [-0.39, 0.29) is 12.3 Å². The highest BCUT2D eigenvalue weighted by atomic mass is 16.5. The van der Waals surface area contributed by atoms with E-state index < -0.39 is 11.9 Å². The van der Waals surface area contributed by atoms with Crippen molar-refractivity contribution in [3.63, 3.8) is 0 Å². The molecule has 26 heavy (non-hydrogen) atoms. The predicted octanol–water partition coefficient (Wildman–Crippen LogP) is 3.05. The van der Waals surface area contributed by atoms with Crippen molar-refractivity contribution < 1.29 is 19.4 Å². The molecule has 0 radical (unpaired) electrons. The number of ether oxygens (including phenoxy) is 1. The molecule has 2 aromatic rings. The molecule has 2 aromatic carbocycles. The number of likely N-dealkylation sites (tertiary alicyclic amines) is 1. The van der Waals surface area contributed by atoms with Gasteiger partial charge in [-0.15, -0.1) is 0 Å². The molecule has 0 aromatic heterocycles. The lowest BCUT2D eigenvalue weighted by molar-refractivity contribution is -0.141. The van der Waals surface area contributed by atoms with E-state index in [9.17, 15) is 9.59 Å². The Bertz CT molecular complexity index is 802. The number of carboxylic acid groups (broad SMARTS) is 1. The zero-order chi connectivity index (χ0) is 18.5. The second kappa shape index (κ2) is 8.04. The molecule has 5 nitrogen and oxygen atoms in total. The number of rotatable bonds is 7. The fourth-order valence-electron chi connectivity index (χ4n) is 3.22. The third-order valence-electron chi connectivity index (χ3n) is 4.66. The van der Waals surface area contributed by atoms with Crippen molar-refractivity contribution in [2.45, 2.75) is 26.4 Å². The monoisotopic (exact) mass is 353 g/mol. The molecule has 1 unspecified atom stereocenters. The Morgan fingerprint density at radius 1 is 1.23 bits per heavy atom. The average molecular weight is 353 g/mol. The van der Waals surface area contributed by atoms with Crippen molar-refractivity contribution in [3.05, 3.63) is 65.2 Å². The van der Waals surface area contributed by atoms with E-state index in [2.05, 4.69) is 19.1 Å². The number of nitrogens with zero attached hydrogens (tertiary/aromatic N) is 1. The number of aryl methyl sites for hydroxylation is 1. The van der Waals surface area contributed by atoms with Crippen LogP contribution in [0.4, 0.5) is 0 Å². The molecule has 1 amide bonds. The molecule has 0 spiro atoms. The Hall–Kier alpha value is -2.82. The van der Waals surface area contributed by atoms with Gasteiger partial charge in [-0.2, -0.15) is 0 Å². The van der Waals surface area contributed by atoms with Crippen LogP contribution in [0.25, 0.3) is 0 Å². The average Bonchev–Trinajstić information content (AvgIpc) is 3.00. The maximum absolute atomic E-state index is 12.0. The summed E-state index contributed by atoms with van der Waals surface area (Å²) in [5.41, 5.74) is 3.32. The fourth-order valence-corrected chi connectivity index (χ4v) is 3.22. The van der Waals surface area contributed by atoms with Crippen molar-refractivity contribution in [1.82, 2.24) is 4.90 Å². The van der Waals surface area contributed by atoms with Crippen LogP contribution in [-0.4, -0.2) is 35.0 Å². The van der Waals surface area contributed by atoms with E-state index in [0.717, 1.165) is 16.9 Å². The lowest BCUT2D eigenvalue weighted by Crippen LogP contribution is -2.28. The van der Waals surface area contributed by atoms with E-state index in [1.54, 1.807) is 4.90 Å². The van der Waals surface area contributed by atoms with Gasteiger partial charge < -0.3 is 14.7 Å². The van der Waals surface area contributed by atoms with Gasteiger partial charge in [0.15, 0.2) is 0 Å². The molecule has 1 atom stereocenters. The van der Waals surface area contributed by atoms with Gasteiger partial charge in [-0.05, 0) is 30.5 Å². The highest BCUT2D eigenvalue weighted by Gasteiger charge is 2.33. The van der Waals surface area contributed by atoms with Gasteiger partial charge in [0.1, 0.15) is 12.4 Å². The summed E-state index contributed by atoms with van der Waals surface area (Å²) in [6, 6.07) is 16.0. The molecular weight excluding hydrogens is 330 g/mol. The Labute approximate surface area is 153 Å². The van der Waals surface area contributed by atoms with Crippen LogP contribution in [0.5, 0.6) is 5.75 Å². The molecule has 1 heterocycles. The van der Waals surface area contributed by atoms with E-state index in [1.165, 1.54) is 5.56 Å². The van der Waals surface area contributed by atoms with Gasteiger partial charge >= 0.3 is 5.97 Å². The number of hydrogen-bond donors (Lipinski definition) is 1. The summed E-state index contributed by atoms with van der Waals surface area (Å²) in [5.74, 6) is -0.774. The molecule has 0 bridgehead atoms. The first-order chi connectivity index (χ1) is 12.5. The Kier molecular flexibility index (Phi) is 5.56. The standard InChI is InChI=1S/C21H23NO4/c1-15-5-4-6-16(11-15)14-26-19-8-3-2-7-17(19)9-10-22-13-18(21(24)25)12-20(22)23/h2-8,11,18H,9-10,12-14H2,1H3,(H,24,25). The molecule has 1 fully saturated rings. The maximum Gasteiger partial charge on any atom is 0.308 e. The molecule has 1 N–H and O–H groups in total. The molecule has 136 valence electrons. The lowest BCUT2D eigenvalue weighted by Gasteiger charge is -2.17. The van der Waals surface area contributed by atoms with Gasteiger partial charge in [-0.1, -0.05) is 48.0 Å². The zero-order valence-electron chi connectivity index (χ0n) is 14.9. The van der Waals surface area contributed by atoms with Crippen LogP contribution < -0.4 is 4.74 Å². The molecule has 3 rings (SSSR count). The second-order valence-electron chi connectivity index (χ2n) is 6.71. The Morgan fingerprint density at radius 3 is 2.77 bits per heavy atom. The number of carboxylic acids is 1. The maximum atomic E-state index is 12.0. The summed E-state index contributed by atoms with van der Waals surface area (Å²) in [5, 5.41) is 9.08. The predicted molar refractivity (Wildman–Crippen MR) is 98.0 cm³/mol. The quantitative estimate of drug-likeness (QED) is 0.831. The summed E-state index contributed by atoms with van der Waals surface area (Å²) in [6.45, 7) is 3.34. The molecule has 0 saturated carbocycles. The van der Waals surface area contributed by atoms with Gasteiger partial charge in [0.2, 0.25) is 5.91 Å². The number of hydrogen-bond acceptors (Lipinski definition) is 3. The largest absolute Gasteiger partial charge is 0.489 e. The van der Waals surface area contributed by atoms with E-state index in [1.807, 2.05) is 36.4 Å². The summed E-state index contributed by atoms with van der Waals surface area (Å²) in [7, 11) is 0. The van der Waals surface area contributed by atoms with Crippen molar-refractivity contribution in [1.29, 1.82) is 0 Å². The van der Waals surface area contributed by atoms with Crippen molar-refractivity contribution in [3.8, 4) is 5.75 Å².